The van der Waals surface area contributed by atoms with Crippen molar-refractivity contribution in [2.24, 2.45) is 0 Å². The van der Waals surface area contributed by atoms with Crippen LogP contribution in [0.25, 0.3) is 0 Å². The molecule has 1 saturated heterocycles. The van der Waals surface area contributed by atoms with Gasteiger partial charge in [0.15, 0.2) is 0 Å². The van der Waals surface area contributed by atoms with E-state index in [-0.39, 0.29) is 12.0 Å². The number of methoxy groups -OCH3 is 1. The van der Waals surface area contributed by atoms with Crippen molar-refractivity contribution in [1.29, 1.82) is 0 Å². The molecule has 1 aromatic rings. The Morgan fingerprint density at radius 1 is 1.56 bits per heavy atom. The zero-order valence-corrected chi connectivity index (χ0v) is 15.8. The lowest BCUT2D eigenvalue weighted by Gasteiger charge is -2.20. The minimum atomic E-state index is -4.37. The third-order valence-electron chi connectivity index (χ3n) is 3.99. The molecular formula is C14H22N3O9P. The van der Waals surface area contributed by atoms with Gasteiger partial charge < -0.3 is 19.5 Å². The van der Waals surface area contributed by atoms with Gasteiger partial charge in [0.1, 0.15) is 18.4 Å². The van der Waals surface area contributed by atoms with E-state index in [1.54, 1.807) is 0 Å². The highest BCUT2D eigenvalue weighted by Crippen LogP contribution is 2.39. The number of hydrogen-bond acceptors (Lipinski definition) is 8. The summed E-state index contributed by atoms with van der Waals surface area (Å²) in [5.74, 6) is -0.752. The molecule has 1 aromatic heterocycles. The standard InChI is InChI=1S/C14H22N3O9P/c1-7-5-17(14(21)15-12(7)19)11-4-9(18)10(26-11)6-25-27(22,23)16-8(2)13(20)24-3/h5,8-11,18H,4,6H2,1-3H3,(H,15,19,21)(H2,16,22,23)/t8-,9-,10+,11+/m0/s1. The van der Waals surface area contributed by atoms with E-state index < -0.39 is 56.0 Å². The van der Waals surface area contributed by atoms with Crippen LogP contribution in [0.1, 0.15) is 25.1 Å². The number of rotatable bonds is 7. The summed E-state index contributed by atoms with van der Waals surface area (Å²) in [7, 11) is -3.24. The fourth-order valence-electron chi connectivity index (χ4n) is 2.52. The molecule has 13 heteroatoms. The van der Waals surface area contributed by atoms with Gasteiger partial charge in [0.25, 0.3) is 5.56 Å². The molecule has 4 N–H and O–H groups in total. The average Bonchev–Trinajstić information content (AvgIpc) is 2.95. The van der Waals surface area contributed by atoms with E-state index in [0.29, 0.717) is 0 Å². The van der Waals surface area contributed by atoms with Crippen LogP contribution in [0.15, 0.2) is 15.8 Å². The first-order valence-electron chi connectivity index (χ1n) is 8.02. The first-order chi connectivity index (χ1) is 12.5. The number of carbonyl (C=O) groups excluding carboxylic acids is 1. The van der Waals surface area contributed by atoms with Crippen molar-refractivity contribution in [3.63, 3.8) is 0 Å². The number of esters is 1. The third-order valence-corrected chi connectivity index (χ3v) is 5.20. The van der Waals surface area contributed by atoms with Crippen molar-refractivity contribution in [1.82, 2.24) is 14.6 Å². The number of aromatic amines is 1. The smallest absolute Gasteiger partial charge is 0.403 e. The molecule has 0 aromatic carbocycles. The molecule has 0 saturated carbocycles. The van der Waals surface area contributed by atoms with Gasteiger partial charge in [-0.3, -0.25) is 23.7 Å². The summed E-state index contributed by atoms with van der Waals surface area (Å²) in [5.41, 5.74) is -0.944. The molecule has 2 rings (SSSR count). The van der Waals surface area contributed by atoms with Gasteiger partial charge in [0.2, 0.25) is 0 Å². The van der Waals surface area contributed by atoms with Crippen LogP contribution in [0, 0.1) is 6.92 Å². The Hall–Kier alpha value is -1.82. The van der Waals surface area contributed by atoms with E-state index in [0.717, 1.165) is 11.7 Å². The first-order valence-corrected chi connectivity index (χ1v) is 9.60. The number of aliphatic hydroxyl groups is 1. The van der Waals surface area contributed by atoms with Crippen molar-refractivity contribution >= 4 is 13.7 Å². The van der Waals surface area contributed by atoms with Crippen molar-refractivity contribution < 1.29 is 33.4 Å². The van der Waals surface area contributed by atoms with Gasteiger partial charge in [-0.05, 0) is 13.8 Å². The van der Waals surface area contributed by atoms with Gasteiger partial charge >= 0.3 is 19.4 Å². The Morgan fingerprint density at radius 3 is 2.85 bits per heavy atom. The second-order valence-electron chi connectivity index (χ2n) is 6.10. The van der Waals surface area contributed by atoms with E-state index in [1.807, 2.05) is 0 Å². The Morgan fingerprint density at radius 2 is 2.22 bits per heavy atom. The number of nitrogens with one attached hydrogen (secondary N) is 2. The van der Waals surface area contributed by atoms with Crippen molar-refractivity contribution in [3.05, 3.63) is 32.6 Å². The second kappa shape index (κ2) is 8.46. The van der Waals surface area contributed by atoms with Gasteiger partial charge in [-0.25, -0.2) is 14.4 Å². The SMILES string of the molecule is COC(=O)[C@H](C)NP(=O)(O)OC[C@H]1O[C@@H](n2cc(C)c(=O)[nH]c2=O)C[C@@H]1O. The zero-order chi connectivity index (χ0) is 20.4. The fraction of sp³-hybridized carbons (Fsp3) is 0.643. The van der Waals surface area contributed by atoms with Crippen molar-refractivity contribution in [3.8, 4) is 0 Å². The lowest BCUT2D eigenvalue weighted by Crippen LogP contribution is -2.35. The van der Waals surface area contributed by atoms with E-state index in [9.17, 15) is 28.9 Å². The summed E-state index contributed by atoms with van der Waals surface area (Å²) < 4.78 is 27.9. The lowest BCUT2D eigenvalue weighted by molar-refractivity contribution is -0.142. The number of aliphatic hydroxyl groups excluding tert-OH is 1. The molecule has 0 radical (unpaired) electrons. The Balaban J connectivity index is 2.00. The molecule has 0 amide bonds. The molecule has 0 bridgehead atoms. The molecule has 152 valence electrons. The predicted molar refractivity (Wildman–Crippen MR) is 91.0 cm³/mol. The molecule has 1 aliphatic rings. The van der Waals surface area contributed by atoms with Gasteiger partial charge in [-0.2, -0.15) is 0 Å². The lowest BCUT2D eigenvalue weighted by atomic mass is 10.2. The average molecular weight is 407 g/mol. The largest absolute Gasteiger partial charge is 0.468 e. The summed E-state index contributed by atoms with van der Waals surface area (Å²) in [4.78, 5) is 46.5. The minimum absolute atomic E-state index is 0.0150. The van der Waals surface area contributed by atoms with Crippen LogP contribution >= 0.6 is 7.75 Å². The quantitative estimate of drug-likeness (QED) is 0.317. The van der Waals surface area contributed by atoms with E-state index in [4.69, 9.17) is 9.26 Å². The number of nitrogens with zero attached hydrogens (tertiary/aromatic N) is 1. The predicted octanol–water partition coefficient (Wildman–Crippen LogP) is -1.24. The minimum Gasteiger partial charge on any atom is -0.468 e. The van der Waals surface area contributed by atoms with Gasteiger partial charge in [0.05, 0.1) is 19.8 Å². The van der Waals surface area contributed by atoms with Crippen LogP contribution in [0.3, 0.4) is 0 Å². The maximum absolute atomic E-state index is 12.0. The fourth-order valence-corrected chi connectivity index (χ4v) is 3.54. The second-order valence-corrected chi connectivity index (χ2v) is 7.66. The van der Waals surface area contributed by atoms with E-state index >= 15 is 0 Å². The van der Waals surface area contributed by atoms with Crippen LogP contribution in [0.5, 0.6) is 0 Å². The highest BCUT2D eigenvalue weighted by atomic mass is 31.2. The number of ether oxygens (including phenoxy) is 2. The molecule has 1 aliphatic heterocycles. The van der Waals surface area contributed by atoms with Crippen molar-refractivity contribution in [2.45, 2.75) is 44.7 Å². The van der Waals surface area contributed by atoms with Crippen LogP contribution in [0.4, 0.5) is 0 Å². The summed E-state index contributed by atoms with van der Waals surface area (Å²) in [6.07, 6.45) is -1.63. The van der Waals surface area contributed by atoms with Gasteiger partial charge in [-0.15, -0.1) is 0 Å². The number of aromatic nitrogens is 2. The molecule has 1 fully saturated rings. The number of hydrogen-bond donors (Lipinski definition) is 4. The molecule has 1 unspecified atom stereocenters. The van der Waals surface area contributed by atoms with Crippen LogP contribution < -0.4 is 16.3 Å². The van der Waals surface area contributed by atoms with Gasteiger partial charge in [0, 0.05) is 18.2 Å². The van der Waals surface area contributed by atoms with Crippen LogP contribution in [-0.4, -0.2) is 57.5 Å². The maximum Gasteiger partial charge on any atom is 0.403 e. The van der Waals surface area contributed by atoms with Gasteiger partial charge in [-0.1, -0.05) is 0 Å². The molecule has 0 spiro atoms. The molecule has 12 nitrogen and oxygen atoms in total. The zero-order valence-electron chi connectivity index (χ0n) is 14.9. The van der Waals surface area contributed by atoms with Crippen molar-refractivity contribution in [2.75, 3.05) is 13.7 Å². The van der Waals surface area contributed by atoms with E-state index in [1.165, 1.54) is 20.0 Å². The number of H-pyrrole nitrogens is 1. The first kappa shape index (κ1) is 21.5. The Kier molecular flexibility index (Phi) is 6.73. The van der Waals surface area contributed by atoms with Crippen LogP contribution in [0.2, 0.25) is 0 Å². The van der Waals surface area contributed by atoms with Crippen LogP contribution in [-0.2, 0) is 23.4 Å². The Bertz CT molecular complexity index is 851. The number of aryl methyl sites for hydroxylation is 1. The Labute approximate surface area is 153 Å². The summed E-state index contributed by atoms with van der Waals surface area (Å²) >= 11 is 0. The summed E-state index contributed by atoms with van der Waals surface area (Å²) in [6.45, 7) is 2.36. The molecule has 27 heavy (non-hydrogen) atoms. The van der Waals surface area contributed by atoms with E-state index in [2.05, 4.69) is 14.8 Å². The molecule has 0 aliphatic carbocycles. The number of carbonyl (C=O) groups is 1. The summed E-state index contributed by atoms with van der Waals surface area (Å²) in [6, 6.07) is -1.09. The molecule has 2 heterocycles. The molecule has 5 atom stereocenters. The highest BCUT2D eigenvalue weighted by molar-refractivity contribution is 7.50. The summed E-state index contributed by atoms with van der Waals surface area (Å²) in [5, 5.41) is 12.2. The normalized spacial score (nSPS) is 25.7. The highest BCUT2D eigenvalue weighted by Gasteiger charge is 2.38. The monoisotopic (exact) mass is 407 g/mol. The third kappa shape index (κ3) is 5.34. The molecular weight excluding hydrogens is 385 g/mol. The maximum atomic E-state index is 12.0. The topological polar surface area (TPSA) is 169 Å².